The second kappa shape index (κ2) is 5.23. The SMILES string of the molecule is Cc1cc(N)c(NC(=O)c2scc(C)c2Cl)cc1C. The Morgan fingerprint density at radius 2 is 1.84 bits per heavy atom. The average Bonchev–Trinajstić information content (AvgIpc) is 2.67. The highest BCUT2D eigenvalue weighted by Crippen LogP contribution is 2.29. The van der Waals surface area contributed by atoms with Gasteiger partial charge in [-0.15, -0.1) is 11.3 Å². The Hall–Kier alpha value is -1.52. The van der Waals surface area contributed by atoms with Crippen molar-refractivity contribution in [3.8, 4) is 0 Å². The summed E-state index contributed by atoms with van der Waals surface area (Å²) in [4.78, 5) is 12.7. The zero-order valence-electron chi connectivity index (χ0n) is 11.0. The molecule has 19 heavy (non-hydrogen) atoms. The number of rotatable bonds is 2. The van der Waals surface area contributed by atoms with Crippen molar-refractivity contribution < 1.29 is 4.79 Å². The molecule has 0 bridgehead atoms. The number of carbonyl (C=O) groups excluding carboxylic acids is 1. The fraction of sp³-hybridized carbons (Fsp3) is 0.214. The number of carbonyl (C=O) groups is 1. The van der Waals surface area contributed by atoms with Crippen LogP contribution in [0.5, 0.6) is 0 Å². The summed E-state index contributed by atoms with van der Waals surface area (Å²) in [5.74, 6) is -0.224. The molecule has 0 fully saturated rings. The van der Waals surface area contributed by atoms with Crippen LogP contribution in [0.25, 0.3) is 0 Å². The van der Waals surface area contributed by atoms with Gasteiger partial charge in [0.2, 0.25) is 0 Å². The van der Waals surface area contributed by atoms with E-state index in [0.29, 0.717) is 21.3 Å². The van der Waals surface area contributed by atoms with E-state index in [0.717, 1.165) is 16.7 Å². The topological polar surface area (TPSA) is 55.1 Å². The van der Waals surface area contributed by atoms with E-state index in [-0.39, 0.29) is 5.91 Å². The lowest BCUT2D eigenvalue weighted by Gasteiger charge is -2.10. The summed E-state index contributed by atoms with van der Waals surface area (Å²) < 4.78 is 0. The third-order valence-corrected chi connectivity index (χ3v) is 4.72. The number of thiophene rings is 1. The third kappa shape index (κ3) is 2.74. The number of anilines is 2. The lowest BCUT2D eigenvalue weighted by Crippen LogP contribution is -2.12. The van der Waals surface area contributed by atoms with Gasteiger partial charge in [-0.1, -0.05) is 11.6 Å². The van der Waals surface area contributed by atoms with Crippen molar-refractivity contribution in [2.24, 2.45) is 0 Å². The number of hydrogen-bond acceptors (Lipinski definition) is 3. The molecule has 1 aromatic carbocycles. The molecular weight excluding hydrogens is 280 g/mol. The predicted molar refractivity (Wildman–Crippen MR) is 82.3 cm³/mol. The van der Waals surface area contributed by atoms with Gasteiger partial charge in [-0.2, -0.15) is 0 Å². The Labute approximate surface area is 121 Å². The Morgan fingerprint density at radius 1 is 1.21 bits per heavy atom. The molecule has 1 amide bonds. The molecule has 3 N–H and O–H groups in total. The van der Waals surface area contributed by atoms with Crippen molar-refractivity contribution in [1.82, 2.24) is 0 Å². The van der Waals surface area contributed by atoms with E-state index < -0.39 is 0 Å². The van der Waals surface area contributed by atoms with E-state index in [4.69, 9.17) is 17.3 Å². The fourth-order valence-electron chi connectivity index (χ4n) is 1.71. The largest absolute Gasteiger partial charge is 0.397 e. The summed E-state index contributed by atoms with van der Waals surface area (Å²) in [6.45, 7) is 5.84. The number of nitrogens with one attached hydrogen (secondary N) is 1. The summed E-state index contributed by atoms with van der Waals surface area (Å²) in [6.07, 6.45) is 0. The van der Waals surface area contributed by atoms with Crippen LogP contribution in [0.2, 0.25) is 5.02 Å². The maximum absolute atomic E-state index is 12.2. The average molecular weight is 295 g/mol. The quantitative estimate of drug-likeness (QED) is 0.817. The van der Waals surface area contributed by atoms with Gasteiger partial charge >= 0.3 is 0 Å². The number of halogens is 1. The maximum Gasteiger partial charge on any atom is 0.267 e. The Kier molecular flexibility index (Phi) is 3.83. The van der Waals surface area contributed by atoms with Gasteiger partial charge in [0.25, 0.3) is 5.91 Å². The van der Waals surface area contributed by atoms with Gasteiger partial charge in [0.05, 0.1) is 16.4 Å². The van der Waals surface area contributed by atoms with Crippen LogP contribution in [0.15, 0.2) is 17.5 Å². The lowest BCUT2D eigenvalue weighted by atomic mass is 10.1. The third-order valence-electron chi connectivity index (χ3n) is 3.02. The van der Waals surface area contributed by atoms with E-state index in [2.05, 4.69) is 5.32 Å². The molecular formula is C14H15ClN2OS. The minimum Gasteiger partial charge on any atom is -0.397 e. The fourth-order valence-corrected chi connectivity index (χ4v) is 2.88. The van der Waals surface area contributed by atoms with Crippen LogP contribution in [0.4, 0.5) is 11.4 Å². The molecule has 0 atom stereocenters. The maximum atomic E-state index is 12.2. The lowest BCUT2D eigenvalue weighted by molar-refractivity contribution is 0.103. The van der Waals surface area contributed by atoms with Crippen molar-refractivity contribution in [3.63, 3.8) is 0 Å². The highest BCUT2D eigenvalue weighted by Gasteiger charge is 2.16. The number of benzene rings is 1. The first-order chi connectivity index (χ1) is 8.90. The number of nitrogen functional groups attached to an aromatic ring is 1. The summed E-state index contributed by atoms with van der Waals surface area (Å²) in [5.41, 5.74) is 10.2. The first-order valence-corrected chi connectivity index (χ1v) is 7.07. The molecule has 0 saturated heterocycles. The van der Waals surface area contributed by atoms with Crippen molar-refractivity contribution in [2.75, 3.05) is 11.1 Å². The summed E-state index contributed by atoms with van der Waals surface area (Å²) in [6, 6.07) is 3.73. The van der Waals surface area contributed by atoms with E-state index in [1.165, 1.54) is 11.3 Å². The molecule has 0 radical (unpaired) electrons. The molecule has 0 aliphatic rings. The molecule has 2 aromatic rings. The molecule has 3 nitrogen and oxygen atoms in total. The Balaban J connectivity index is 2.29. The van der Waals surface area contributed by atoms with Crippen LogP contribution >= 0.6 is 22.9 Å². The molecule has 1 heterocycles. The van der Waals surface area contributed by atoms with Crippen LogP contribution < -0.4 is 11.1 Å². The molecule has 0 aliphatic carbocycles. The molecule has 2 rings (SSSR count). The minimum absolute atomic E-state index is 0.224. The van der Waals surface area contributed by atoms with E-state index in [1.807, 2.05) is 38.3 Å². The van der Waals surface area contributed by atoms with Gasteiger partial charge in [-0.05, 0) is 55.0 Å². The van der Waals surface area contributed by atoms with Crippen LogP contribution in [-0.4, -0.2) is 5.91 Å². The predicted octanol–water partition coefficient (Wildman–Crippen LogP) is 4.16. The van der Waals surface area contributed by atoms with Gasteiger partial charge in [0.15, 0.2) is 0 Å². The van der Waals surface area contributed by atoms with E-state index in [1.54, 1.807) is 0 Å². The number of hydrogen-bond donors (Lipinski definition) is 2. The van der Waals surface area contributed by atoms with Crippen LogP contribution in [0, 0.1) is 20.8 Å². The van der Waals surface area contributed by atoms with Crippen LogP contribution in [0.3, 0.4) is 0 Å². The smallest absolute Gasteiger partial charge is 0.267 e. The standard InChI is InChI=1S/C14H15ClN2OS/c1-7-4-10(16)11(5-8(7)2)17-14(18)13-12(15)9(3)6-19-13/h4-6H,16H2,1-3H3,(H,17,18). The molecule has 0 saturated carbocycles. The van der Waals surface area contributed by atoms with Crippen molar-refractivity contribution in [1.29, 1.82) is 0 Å². The molecule has 0 unspecified atom stereocenters. The molecule has 0 aliphatic heterocycles. The first kappa shape index (κ1) is 13.9. The zero-order chi connectivity index (χ0) is 14.2. The highest BCUT2D eigenvalue weighted by atomic mass is 35.5. The van der Waals surface area contributed by atoms with Gasteiger partial charge in [-0.25, -0.2) is 0 Å². The number of aryl methyl sites for hydroxylation is 3. The van der Waals surface area contributed by atoms with Gasteiger partial charge < -0.3 is 11.1 Å². The first-order valence-electron chi connectivity index (χ1n) is 5.81. The van der Waals surface area contributed by atoms with Crippen molar-refractivity contribution in [2.45, 2.75) is 20.8 Å². The van der Waals surface area contributed by atoms with Crippen molar-refractivity contribution >= 4 is 40.2 Å². The monoisotopic (exact) mass is 294 g/mol. The van der Waals surface area contributed by atoms with E-state index in [9.17, 15) is 4.79 Å². The molecule has 1 aromatic heterocycles. The molecule has 0 spiro atoms. The normalized spacial score (nSPS) is 10.5. The summed E-state index contributed by atoms with van der Waals surface area (Å²) >= 11 is 7.42. The second-order valence-electron chi connectivity index (χ2n) is 4.54. The summed E-state index contributed by atoms with van der Waals surface area (Å²) in [5, 5.41) is 5.18. The van der Waals surface area contributed by atoms with E-state index >= 15 is 0 Å². The second-order valence-corrected chi connectivity index (χ2v) is 5.80. The zero-order valence-corrected chi connectivity index (χ0v) is 12.6. The number of amides is 1. The molecule has 100 valence electrons. The highest BCUT2D eigenvalue weighted by molar-refractivity contribution is 7.13. The van der Waals surface area contributed by atoms with Gasteiger partial charge in [-0.3, -0.25) is 4.79 Å². The van der Waals surface area contributed by atoms with Gasteiger partial charge in [0, 0.05) is 0 Å². The summed E-state index contributed by atoms with van der Waals surface area (Å²) in [7, 11) is 0. The number of nitrogens with two attached hydrogens (primary N) is 1. The van der Waals surface area contributed by atoms with Crippen LogP contribution in [-0.2, 0) is 0 Å². The minimum atomic E-state index is -0.224. The Bertz CT molecular complexity index is 649. The molecule has 5 heteroatoms. The van der Waals surface area contributed by atoms with Crippen molar-refractivity contribution in [3.05, 3.63) is 44.1 Å². The van der Waals surface area contributed by atoms with Gasteiger partial charge in [0.1, 0.15) is 4.88 Å². The Morgan fingerprint density at radius 3 is 2.42 bits per heavy atom. The van der Waals surface area contributed by atoms with Crippen LogP contribution in [0.1, 0.15) is 26.4 Å².